The lowest BCUT2D eigenvalue weighted by molar-refractivity contribution is -0.155. The molecule has 5 nitrogen and oxygen atoms in total. The molecule has 1 aromatic carbocycles. The van der Waals surface area contributed by atoms with Crippen LogP contribution in [0.2, 0.25) is 5.02 Å². The third kappa shape index (κ3) is 3.92. The van der Waals surface area contributed by atoms with E-state index in [-0.39, 0.29) is 22.9 Å². The largest absolute Gasteiger partial charge is 0.513 e. The number of carbonyl (C=O) groups excluding carboxylic acids is 1. The van der Waals surface area contributed by atoms with Gasteiger partial charge in [-0.1, -0.05) is 16.8 Å². The Balaban J connectivity index is 2.39. The Labute approximate surface area is 131 Å². The van der Waals surface area contributed by atoms with E-state index >= 15 is 0 Å². The number of halogens is 5. The van der Waals surface area contributed by atoms with E-state index in [0.29, 0.717) is 6.07 Å². The summed E-state index contributed by atoms with van der Waals surface area (Å²) < 4.78 is 64.7. The van der Waals surface area contributed by atoms with Crippen LogP contribution in [-0.2, 0) is 10.9 Å². The Bertz CT molecular complexity index is 729. The molecule has 2 aromatic rings. The summed E-state index contributed by atoms with van der Waals surface area (Å²) in [5.41, 5.74) is -0.812. The highest BCUT2D eigenvalue weighted by Gasteiger charge is 2.36. The van der Waals surface area contributed by atoms with Gasteiger partial charge in [-0.05, 0) is 19.1 Å². The van der Waals surface area contributed by atoms with Crippen molar-refractivity contribution < 1.29 is 36.4 Å². The number of rotatable bonds is 3. The van der Waals surface area contributed by atoms with Gasteiger partial charge in [0.05, 0.1) is 11.6 Å². The third-order valence-electron chi connectivity index (χ3n) is 2.54. The van der Waals surface area contributed by atoms with Gasteiger partial charge in [-0.2, -0.15) is 13.2 Å². The van der Waals surface area contributed by atoms with Crippen molar-refractivity contribution in [2.75, 3.05) is 6.61 Å². The molecule has 0 amide bonds. The van der Waals surface area contributed by atoms with Crippen molar-refractivity contribution in [1.29, 1.82) is 0 Å². The lowest BCUT2D eigenvalue weighted by Crippen LogP contribution is -2.10. The van der Waals surface area contributed by atoms with Gasteiger partial charge in [-0.25, -0.2) is 9.18 Å². The van der Waals surface area contributed by atoms with E-state index in [1.165, 1.54) is 6.92 Å². The number of benzene rings is 1. The minimum Gasteiger partial charge on any atom is -0.434 e. The van der Waals surface area contributed by atoms with Crippen LogP contribution >= 0.6 is 11.6 Å². The number of carbonyl (C=O) groups is 1. The number of hydrogen-bond acceptors (Lipinski definition) is 5. The third-order valence-corrected chi connectivity index (χ3v) is 2.84. The zero-order valence-corrected chi connectivity index (χ0v) is 12.2. The summed E-state index contributed by atoms with van der Waals surface area (Å²) in [4.78, 5) is 11.3. The van der Waals surface area contributed by atoms with Crippen LogP contribution < -0.4 is 4.74 Å². The molecule has 0 saturated heterocycles. The number of nitrogens with zero attached hydrogens (tertiary/aromatic N) is 1. The number of aromatic nitrogens is 1. The van der Waals surface area contributed by atoms with E-state index in [0.717, 1.165) is 12.1 Å². The van der Waals surface area contributed by atoms with Gasteiger partial charge < -0.3 is 14.0 Å². The van der Waals surface area contributed by atoms with Crippen molar-refractivity contribution in [3.63, 3.8) is 0 Å². The van der Waals surface area contributed by atoms with E-state index in [2.05, 4.69) is 14.4 Å². The topological polar surface area (TPSA) is 61.6 Å². The first-order valence-electron chi connectivity index (χ1n) is 6.10. The standard InChI is InChI=1S/C13H8ClF4NO4/c1-2-21-12(20)22-10-3-6(8(15)4-7(10)14)9-5-11(23-19-9)13(16,17)18/h3-5H,2H2,1H3. The van der Waals surface area contributed by atoms with Gasteiger partial charge in [0.15, 0.2) is 5.75 Å². The summed E-state index contributed by atoms with van der Waals surface area (Å²) in [6.45, 7) is 1.57. The molecule has 0 bridgehead atoms. The van der Waals surface area contributed by atoms with E-state index in [4.69, 9.17) is 16.3 Å². The minimum absolute atomic E-state index is 0.0305. The molecule has 0 aliphatic heterocycles. The molecule has 2 rings (SSSR count). The highest BCUT2D eigenvalue weighted by Crippen LogP contribution is 2.36. The molecule has 0 aliphatic rings. The molecule has 1 aromatic heterocycles. The van der Waals surface area contributed by atoms with Crippen molar-refractivity contribution >= 4 is 17.8 Å². The Morgan fingerprint density at radius 2 is 2.04 bits per heavy atom. The summed E-state index contributed by atoms with van der Waals surface area (Å²) in [5, 5.41) is 2.89. The fourth-order valence-electron chi connectivity index (χ4n) is 1.58. The van der Waals surface area contributed by atoms with Crippen LogP contribution in [-0.4, -0.2) is 17.9 Å². The number of ether oxygens (including phenoxy) is 2. The van der Waals surface area contributed by atoms with Gasteiger partial charge in [0.2, 0.25) is 5.76 Å². The first-order valence-corrected chi connectivity index (χ1v) is 6.48. The lowest BCUT2D eigenvalue weighted by Gasteiger charge is -2.08. The molecule has 0 radical (unpaired) electrons. The zero-order valence-electron chi connectivity index (χ0n) is 11.4. The van der Waals surface area contributed by atoms with Crippen molar-refractivity contribution in [3.05, 3.63) is 34.8 Å². The Morgan fingerprint density at radius 3 is 2.61 bits per heavy atom. The fourth-order valence-corrected chi connectivity index (χ4v) is 1.77. The molecule has 0 atom stereocenters. The number of hydrogen-bond donors (Lipinski definition) is 0. The van der Waals surface area contributed by atoms with Gasteiger partial charge in [-0.3, -0.25) is 0 Å². The molecule has 0 fully saturated rings. The molecule has 23 heavy (non-hydrogen) atoms. The molecule has 0 aliphatic carbocycles. The van der Waals surface area contributed by atoms with Crippen LogP contribution in [0.1, 0.15) is 12.7 Å². The van der Waals surface area contributed by atoms with Crippen LogP contribution in [0, 0.1) is 5.82 Å². The summed E-state index contributed by atoms with van der Waals surface area (Å²) in [5.74, 6) is -2.65. The second-order valence-corrected chi connectivity index (χ2v) is 4.53. The summed E-state index contributed by atoms with van der Waals surface area (Å²) in [6.07, 6.45) is -5.86. The van der Waals surface area contributed by atoms with E-state index in [1.54, 1.807) is 0 Å². The van der Waals surface area contributed by atoms with E-state index in [9.17, 15) is 22.4 Å². The van der Waals surface area contributed by atoms with Gasteiger partial charge >= 0.3 is 12.3 Å². The Kier molecular flexibility index (Phi) is 4.79. The van der Waals surface area contributed by atoms with E-state index < -0.39 is 29.6 Å². The van der Waals surface area contributed by atoms with Crippen molar-refractivity contribution in [1.82, 2.24) is 5.16 Å². The molecule has 0 spiro atoms. The smallest absolute Gasteiger partial charge is 0.434 e. The normalized spacial score (nSPS) is 11.4. The maximum atomic E-state index is 13.9. The quantitative estimate of drug-likeness (QED) is 0.455. The van der Waals surface area contributed by atoms with Crippen molar-refractivity contribution in [2.24, 2.45) is 0 Å². The SMILES string of the molecule is CCOC(=O)Oc1cc(-c2cc(C(F)(F)F)on2)c(F)cc1Cl. The first kappa shape index (κ1) is 17.1. The second-order valence-electron chi connectivity index (χ2n) is 4.12. The molecular formula is C13H8ClF4NO4. The number of alkyl halides is 3. The average Bonchev–Trinajstić information content (AvgIpc) is 2.91. The van der Waals surface area contributed by atoms with Crippen LogP contribution in [0.3, 0.4) is 0 Å². The molecule has 0 N–H and O–H groups in total. The van der Waals surface area contributed by atoms with Gasteiger partial charge in [0, 0.05) is 11.6 Å². The van der Waals surface area contributed by atoms with Gasteiger partial charge in [0.1, 0.15) is 11.5 Å². The fraction of sp³-hybridized carbons (Fsp3) is 0.231. The first-order chi connectivity index (χ1) is 10.7. The minimum atomic E-state index is -4.77. The molecule has 10 heteroatoms. The predicted octanol–water partition coefficient (Wildman–Crippen LogP) is 4.69. The lowest BCUT2D eigenvalue weighted by atomic mass is 10.1. The monoisotopic (exact) mass is 353 g/mol. The molecule has 124 valence electrons. The zero-order chi connectivity index (χ0) is 17.2. The summed E-state index contributed by atoms with van der Waals surface area (Å²) in [7, 11) is 0. The Hall–Kier alpha value is -2.29. The van der Waals surface area contributed by atoms with Crippen LogP contribution in [0.15, 0.2) is 22.7 Å². The highest BCUT2D eigenvalue weighted by molar-refractivity contribution is 6.32. The molecule has 0 unspecified atom stereocenters. The van der Waals surface area contributed by atoms with E-state index in [1.807, 2.05) is 0 Å². The molecule has 1 heterocycles. The summed E-state index contributed by atoms with van der Waals surface area (Å²) >= 11 is 5.71. The van der Waals surface area contributed by atoms with Crippen LogP contribution in [0.4, 0.5) is 22.4 Å². The van der Waals surface area contributed by atoms with Crippen molar-refractivity contribution in [3.8, 4) is 17.0 Å². The predicted molar refractivity (Wildman–Crippen MR) is 69.6 cm³/mol. The van der Waals surface area contributed by atoms with Gasteiger partial charge in [-0.15, -0.1) is 0 Å². The maximum absolute atomic E-state index is 13.9. The second kappa shape index (κ2) is 6.45. The average molecular weight is 354 g/mol. The van der Waals surface area contributed by atoms with Gasteiger partial charge in [0.25, 0.3) is 0 Å². The molecule has 0 saturated carbocycles. The highest BCUT2D eigenvalue weighted by atomic mass is 35.5. The van der Waals surface area contributed by atoms with Crippen molar-refractivity contribution in [2.45, 2.75) is 13.1 Å². The molecular weight excluding hydrogens is 346 g/mol. The summed E-state index contributed by atoms with van der Waals surface area (Å²) in [6, 6.07) is 2.21. The maximum Gasteiger partial charge on any atom is 0.513 e. The van der Waals surface area contributed by atoms with Crippen LogP contribution in [0.25, 0.3) is 11.3 Å². The Morgan fingerprint density at radius 1 is 1.35 bits per heavy atom. The van der Waals surface area contributed by atoms with Crippen LogP contribution in [0.5, 0.6) is 5.75 Å².